The van der Waals surface area contributed by atoms with Crippen LogP contribution in [0.15, 0.2) is 22.6 Å². The molecule has 0 bridgehead atoms. The maximum atomic E-state index is 12.1. The molecule has 2 aromatic rings. The van der Waals surface area contributed by atoms with E-state index in [0.717, 1.165) is 23.9 Å². The van der Waals surface area contributed by atoms with Crippen molar-refractivity contribution in [3.05, 3.63) is 35.1 Å². The molecule has 1 atom stereocenters. The van der Waals surface area contributed by atoms with Gasteiger partial charge in [-0.1, -0.05) is 0 Å². The molecule has 0 saturated carbocycles. The second kappa shape index (κ2) is 5.29. The summed E-state index contributed by atoms with van der Waals surface area (Å²) in [5.41, 5.74) is 3.16. The number of nitrogens with one attached hydrogen (secondary N) is 2. The van der Waals surface area contributed by atoms with Gasteiger partial charge in [0.05, 0.1) is 0 Å². The van der Waals surface area contributed by atoms with E-state index in [4.69, 9.17) is 4.42 Å². The standard InChI is InChI=1S/C16H20N2O2/c1-10-6-12-8-15(20-14(12)7-11(10)2)16(19)18-9-13-4-3-5-17-13/h6-8,13,17H,3-5,9H2,1-2H3,(H,18,19). The first-order valence-corrected chi connectivity index (χ1v) is 7.16. The van der Waals surface area contributed by atoms with Crippen LogP contribution in [0.3, 0.4) is 0 Å². The number of amides is 1. The molecule has 2 N–H and O–H groups in total. The Morgan fingerprint density at radius 3 is 2.90 bits per heavy atom. The highest BCUT2D eigenvalue weighted by atomic mass is 16.3. The van der Waals surface area contributed by atoms with Crippen LogP contribution in [0.1, 0.15) is 34.5 Å². The summed E-state index contributed by atoms with van der Waals surface area (Å²) in [6.07, 6.45) is 2.31. The van der Waals surface area contributed by atoms with Gasteiger partial charge in [-0.15, -0.1) is 0 Å². The van der Waals surface area contributed by atoms with Crippen molar-refractivity contribution >= 4 is 16.9 Å². The van der Waals surface area contributed by atoms with Gasteiger partial charge in [0.1, 0.15) is 5.58 Å². The highest BCUT2D eigenvalue weighted by Crippen LogP contribution is 2.23. The fourth-order valence-corrected chi connectivity index (χ4v) is 2.65. The summed E-state index contributed by atoms with van der Waals surface area (Å²) in [4.78, 5) is 12.1. The molecule has 4 nitrogen and oxygen atoms in total. The van der Waals surface area contributed by atoms with Crippen molar-refractivity contribution in [2.75, 3.05) is 13.1 Å². The van der Waals surface area contributed by atoms with E-state index in [9.17, 15) is 4.79 Å². The Hall–Kier alpha value is -1.81. The minimum absolute atomic E-state index is 0.134. The molecule has 20 heavy (non-hydrogen) atoms. The van der Waals surface area contributed by atoms with Crippen LogP contribution in [-0.4, -0.2) is 25.0 Å². The molecule has 1 aromatic heterocycles. The Morgan fingerprint density at radius 2 is 2.15 bits per heavy atom. The number of furan rings is 1. The minimum Gasteiger partial charge on any atom is -0.451 e. The fraction of sp³-hybridized carbons (Fsp3) is 0.438. The van der Waals surface area contributed by atoms with Gasteiger partial charge in [-0.2, -0.15) is 0 Å². The normalized spacial score (nSPS) is 18.6. The van der Waals surface area contributed by atoms with Crippen LogP contribution in [0.25, 0.3) is 11.0 Å². The molecule has 1 saturated heterocycles. The number of aryl methyl sites for hydroxylation is 2. The third-order valence-corrected chi connectivity index (χ3v) is 4.03. The lowest BCUT2D eigenvalue weighted by Gasteiger charge is -2.10. The van der Waals surface area contributed by atoms with Crippen LogP contribution >= 0.6 is 0 Å². The molecule has 1 amide bonds. The highest BCUT2D eigenvalue weighted by molar-refractivity contribution is 5.96. The first kappa shape index (κ1) is 13.2. The van der Waals surface area contributed by atoms with Gasteiger partial charge in [0.2, 0.25) is 0 Å². The Kier molecular flexibility index (Phi) is 3.49. The topological polar surface area (TPSA) is 54.3 Å². The zero-order chi connectivity index (χ0) is 14.1. The van der Waals surface area contributed by atoms with Gasteiger partial charge in [-0.3, -0.25) is 4.79 Å². The summed E-state index contributed by atoms with van der Waals surface area (Å²) in [5.74, 6) is 0.258. The van der Waals surface area contributed by atoms with Crippen molar-refractivity contribution in [3.8, 4) is 0 Å². The summed E-state index contributed by atoms with van der Waals surface area (Å²) in [5, 5.41) is 7.28. The zero-order valence-electron chi connectivity index (χ0n) is 12.0. The van der Waals surface area contributed by atoms with Crippen molar-refractivity contribution in [2.45, 2.75) is 32.7 Å². The molecular weight excluding hydrogens is 252 g/mol. The molecule has 1 fully saturated rings. The van der Waals surface area contributed by atoms with E-state index in [1.807, 2.05) is 19.1 Å². The first-order valence-electron chi connectivity index (χ1n) is 7.16. The lowest BCUT2D eigenvalue weighted by atomic mass is 10.1. The number of rotatable bonds is 3. The monoisotopic (exact) mass is 272 g/mol. The number of fused-ring (bicyclic) bond motifs is 1. The first-order chi connectivity index (χ1) is 9.63. The predicted molar refractivity (Wildman–Crippen MR) is 79.0 cm³/mol. The second-order valence-corrected chi connectivity index (χ2v) is 5.59. The number of hydrogen-bond acceptors (Lipinski definition) is 3. The maximum absolute atomic E-state index is 12.1. The van der Waals surface area contributed by atoms with Gasteiger partial charge in [0, 0.05) is 18.0 Å². The molecule has 3 rings (SSSR count). The molecular formula is C16H20N2O2. The van der Waals surface area contributed by atoms with Crippen molar-refractivity contribution in [2.24, 2.45) is 0 Å². The molecule has 1 aliphatic heterocycles. The van der Waals surface area contributed by atoms with E-state index >= 15 is 0 Å². The zero-order valence-corrected chi connectivity index (χ0v) is 12.0. The van der Waals surface area contributed by atoms with Crippen LogP contribution < -0.4 is 10.6 Å². The summed E-state index contributed by atoms with van der Waals surface area (Å²) in [6.45, 7) is 5.81. The molecule has 0 aliphatic carbocycles. The minimum atomic E-state index is -0.134. The van der Waals surface area contributed by atoms with E-state index in [1.165, 1.54) is 17.5 Å². The van der Waals surface area contributed by atoms with Crippen molar-refractivity contribution in [1.82, 2.24) is 10.6 Å². The van der Waals surface area contributed by atoms with Crippen molar-refractivity contribution < 1.29 is 9.21 Å². The van der Waals surface area contributed by atoms with Crippen LogP contribution in [0.4, 0.5) is 0 Å². The van der Waals surface area contributed by atoms with Crippen LogP contribution in [0.5, 0.6) is 0 Å². The number of benzene rings is 1. The second-order valence-electron chi connectivity index (χ2n) is 5.59. The van der Waals surface area contributed by atoms with E-state index < -0.39 is 0 Å². The Bertz CT molecular complexity index is 600. The Labute approximate surface area is 118 Å². The molecule has 1 unspecified atom stereocenters. The average molecular weight is 272 g/mol. The van der Waals surface area contributed by atoms with Gasteiger partial charge >= 0.3 is 0 Å². The van der Waals surface area contributed by atoms with Gasteiger partial charge in [0.25, 0.3) is 5.91 Å². The van der Waals surface area contributed by atoms with Crippen LogP contribution in [-0.2, 0) is 0 Å². The number of hydrogen-bond donors (Lipinski definition) is 2. The smallest absolute Gasteiger partial charge is 0.287 e. The van der Waals surface area contributed by atoms with Gasteiger partial charge in [-0.25, -0.2) is 0 Å². The SMILES string of the molecule is Cc1cc2cc(C(=O)NCC3CCCN3)oc2cc1C. The van der Waals surface area contributed by atoms with Gasteiger partial charge < -0.3 is 15.1 Å². The third-order valence-electron chi connectivity index (χ3n) is 4.03. The summed E-state index contributed by atoms with van der Waals surface area (Å²) < 4.78 is 5.65. The lowest BCUT2D eigenvalue weighted by Crippen LogP contribution is -2.36. The van der Waals surface area contributed by atoms with E-state index in [-0.39, 0.29) is 5.91 Å². The average Bonchev–Trinajstić information content (AvgIpc) is 3.05. The van der Waals surface area contributed by atoms with Gasteiger partial charge in [-0.05, 0) is 62.6 Å². The number of carbonyl (C=O) groups excluding carboxylic acids is 1. The maximum Gasteiger partial charge on any atom is 0.287 e. The van der Waals surface area contributed by atoms with Crippen LogP contribution in [0, 0.1) is 13.8 Å². The Balaban J connectivity index is 1.74. The molecule has 1 aromatic carbocycles. The predicted octanol–water partition coefficient (Wildman–Crippen LogP) is 2.53. The number of carbonyl (C=O) groups is 1. The quantitative estimate of drug-likeness (QED) is 0.902. The van der Waals surface area contributed by atoms with Crippen molar-refractivity contribution in [3.63, 3.8) is 0 Å². The summed E-state index contributed by atoms with van der Waals surface area (Å²) in [7, 11) is 0. The van der Waals surface area contributed by atoms with E-state index in [1.54, 1.807) is 0 Å². The van der Waals surface area contributed by atoms with Crippen molar-refractivity contribution in [1.29, 1.82) is 0 Å². The summed E-state index contributed by atoms with van der Waals surface area (Å²) in [6, 6.07) is 6.26. The highest BCUT2D eigenvalue weighted by Gasteiger charge is 2.17. The molecule has 2 heterocycles. The summed E-state index contributed by atoms with van der Waals surface area (Å²) >= 11 is 0. The molecule has 4 heteroatoms. The molecule has 0 radical (unpaired) electrons. The van der Waals surface area contributed by atoms with Gasteiger partial charge in [0.15, 0.2) is 5.76 Å². The largest absolute Gasteiger partial charge is 0.451 e. The third kappa shape index (κ3) is 2.56. The molecule has 0 spiro atoms. The Morgan fingerprint density at radius 1 is 1.35 bits per heavy atom. The molecule has 1 aliphatic rings. The fourth-order valence-electron chi connectivity index (χ4n) is 2.65. The lowest BCUT2D eigenvalue weighted by molar-refractivity contribution is 0.0925. The van der Waals surface area contributed by atoms with E-state index in [2.05, 4.69) is 23.6 Å². The van der Waals surface area contributed by atoms with Crippen LogP contribution in [0.2, 0.25) is 0 Å². The molecule has 106 valence electrons. The van der Waals surface area contributed by atoms with E-state index in [0.29, 0.717) is 18.3 Å².